The molecule has 1 atom stereocenters. The summed E-state index contributed by atoms with van der Waals surface area (Å²) >= 11 is 0. The molecule has 15 heavy (non-hydrogen) atoms. The predicted octanol–water partition coefficient (Wildman–Crippen LogP) is -0.200. The Morgan fingerprint density at radius 3 is 2.00 bits per heavy atom. The lowest BCUT2D eigenvalue weighted by molar-refractivity contribution is -0.120. The van der Waals surface area contributed by atoms with Crippen LogP contribution in [-0.2, 0) is 4.79 Å². The van der Waals surface area contributed by atoms with E-state index in [-0.39, 0.29) is 17.4 Å². The van der Waals surface area contributed by atoms with Crippen molar-refractivity contribution < 1.29 is 19.5 Å². The Balaban J connectivity index is 2.50. The second-order valence-electron chi connectivity index (χ2n) is 3.08. The molecular weight excluding hydrogens is 198 g/mol. The second-order valence-corrected chi connectivity index (χ2v) is 3.08. The van der Waals surface area contributed by atoms with E-state index < -0.39 is 18.0 Å². The molecule has 0 fully saturated rings. The Hall–Kier alpha value is -2.01. The number of aliphatic hydroxyl groups is 1. The molecule has 2 rings (SSSR count). The van der Waals surface area contributed by atoms with Crippen LogP contribution in [0.1, 0.15) is 20.7 Å². The zero-order valence-electron chi connectivity index (χ0n) is 7.58. The van der Waals surface area contributed by atoms with Gasteiger partial charge in [-0.3, -0.25) is 14.4 Å². The first-order chi connectivity index (χ1) is 7.16. The number of benzene rings is 1. The molecule has 5 heteroatoms. The first kappa shape index (κ1) is 9.54. The van der Waals surface area contributed by atoms with E-state index in [9.17, 15) is 19.5 Å². The predicted molar refractivity (Wildman–Crippen MR) is 49.0 cm³/mol. The van der Waals surface area contributed by atoms with Gasteiger partial charge in [-0.1, -0.05) is 12.1 Å². The van der Waals surface area contributed by atoms with Crippen LogP contribution >= 0.6 is 0 Å². The first-order valence-corrected chi connectivity index (χ1v) is 4.27. The highest BCUT2D eigenvalue weighted by Gasteiger charge is 2.38. The minimum Gasteiger partial charge on any atom is -0.367 e. The maximum atomic E-state index is 11.6. The van der Waals surface area contributed by atoms with E-state index in [0.29, 0.717) is 4.90 Å². The van der Waals surface area contributed by atoms with Crippen LogP contribution in [0.3, 0.4) is 0 Å². The lowest BCUT2D eigenvalue weighted by Crippen LogP contribution is -2.40. The molecular formula is C10H7NO4. The summed E-state index contributed by atoms with van der Waals surface area (Å²) in [5.41, 5.74) is 0.423. The van der Waals surface area contributed by atoms with Gasteiger partial charge in [-0.05, 0) is 12.1 Å². The van der Waals surface area contributed by atoms with Crippen LogP contribution in [0.15, 0.2) is 24.3 Å². The summed E-state index contributed by atoms with van der Waals surface area (Å²) in [7, 11) is 0. The van der Waals surface area contributed by atoms with E-state index in [0.717, 1.165) is 0 Å². The zero-order chi connectivity index (χ0) is 11.0. The van der Waals surface area contributed by atoms with Gasteiger partial charge in [-0.25, -0.2) is 4.90 Å². The molecule has 76 valence electrons. The molecule has 0 aromatic heterocycles. The average molecular weight is 205 g/mol. The Morgan fingerprint density at radius 2 is 1.60 bits per heavy atom. The quantitative estimate of drug-likeness (QED) is 0.536. The van der Waals surface area contributed by atoms with Crippen LogP contribution in [0.5, 0.6) is 0 Å². The molecule has 1 N–H and O–H groups in total. The van der Waals surface area contributed by atoms with Gasteiger partial charge in [0.05, 0.1) is 11.1 Å². The smallest absolute Gasteiger partial charge is 0.264 e. The summed E-state index contributed by atoms with van der Waals surface area (Å²) in [6.45, 7) is 0. The van der Waals surface area contributed by atoms with Crippen molar-refractivity contribution in [3.63, 3.8) is 0 Å². The van der Waals surface area contributed by atoms with E-state index in [1.165, 1.54) is 12.1 Å². The molecule has 2 amide bonds. The van der Waals surface area contributed by atoms with Crippen molar-refractivity contribution >= 4 is 18.1 Å². The van der Waals surface area contributed by atoms with Gasteiger partial charge < -0.3 is 5.11 Å². The lowest BCUT2D eigenvalue weighted by Gasteiger charge is -2.15. The fourth-order valence-corrected chi connectivity index (χ4v) is 1.51. The van der Waals surface area contributed by atoms with Crippen molar-refractivity contribution in [2.75, 3.05) is 0 Å². The summed E-state index contributed by atoms with van der Waals surface area (Å²) in [5, 5.41) is 9.19. The number of nitrogens with zero attached hydrogens (tertiary/aromatic N) is 1. The van der Waals surface area contributed by atoms with E-state index in [4.69, 9.17) is 0 Å². The Morgan fingerprint density at radius 1 is 1.13 bits per heavy atom. The van der Waals surface area contributed by atoms with Gasteiger partial charge in [0, 0.05) is 0 Å². The van der Waals surface area contributed by atoms with Crippen LogP contribution in [0.25, 0.3) is 0 Å². The van der Waals surface area contributed by atoms with Gasteiger partial charge in [-0.2, -0.15) is 0 Å². The van der Waals surface area contributed by atoms with Gasteiger partial charge in [0.2, 0.25) is 0 Å². The fourth-order valence-electron chi connectivity index (χ4n) is 1.51. The molecule has 1 aliphatic rings. The third-order valence-corrected chi connectivity index (χ3v) is 2.21. The van der Waals surface area contributed by atoms with Crippen LogP contribution in [0.2, 0.25) is 0 Å². The van der Waals surface area contributed by atoms with Gasteiger partial charge in [-0.15, -0.1) is 0 Å². The van der Waals surface area contributed by atoms with Gasteiger partial charge >= 0.3 is 0 Å². The highest BCUT2D eigenvalue weighted by Crippen LogP contribution is 2.23. The maximum absolute atomic E-state index is 11.6. The van der Waals surface area contributed by atoms with Crippen LogP contribution < -0.4 is 0 Å². The number of imide groups is 1. The number of fused-ring (bicyclic) bond motifs is 1. The number of aliphatic hydroxyl groups excluding tert-OH is 1. The second kappa shape index (κ2) is 3.29. The Bertz CT molecular complexity index is 419. The standard InChI is InChI=1S/C10H7NO4/c12-5-8(13)11-9(14)6-3-1-2-4-7(6)10(11)15/h1-5,8,13H. The summed E-state index contributed by atoms with van der Waals surface area (Å²) in [6.07, 6.45) is -1.57. The average Bonchev–Trinajstić information content (AvgIpc) is 2.52. The third kappa shape index (κ3) is 1.25. The minimum atomic E-state index is -1.71. The third-order valence-electron chi connectivity index (χ3n) is 2.21. The lowest BCUT2D eigenvalue weighted by atomic mass is 10.1. The summed E-state index contributed by atoms with van der Waals surface area (Å²) < 4.78 is 0. The van der Waals surface area contributed by atoms with E-state index >= 15 is 0 Å². The number of rotatable bonds is 2. The molecule has 1 aromatic rings. The SMILES string of the molecule is O=CC(O)N1C(=O)c2ccccc2C1=O. The molecule has 0 bridgehead atoms. The summed E-state index contributed by atoms with van der Waals surface area (Å²) in [4.78, 5) is 34.1. The molecule has 1 heterocycles. The number of amides is 2. The highest BCUT2D eigenvalue weighted by molar-refractivity contribution is 6.22. The minimum absolute atomic E-state index is 0.141. The molecule has 0 saturated carbocycles. The van der Waals surface area contributed by atoms with Crippen molar-refractivity contribution in [2.24, 2.45) is 0 Å². The van der Waals surface area contributed by atoms with Crippen LogP contribution in [0.4, 0.5) is 0 Å². The van der Waals surface area contributed by atoms with Crippen LogP contribution in [0, 0.1) is 0 Å². The van der Waals surface area contributed by atoms with E-state index in [1.54, 1.807) is 12.1 Å². The number of carbonyl (C=O) groups is 3. The molecule has 1 unspecified atom stereocenters. The van der Waals surface area contributed by atoms with Gasteiger partial charge in [0.1, 0.15) is 0 Å². The number of hydrogen-bond acceptors (Lipinski definition) is 4. The van der Waals surface area contributed by atoms with Gasteiger partial charge in [0.15, 0.2) is 12.5 Å². The Labute approximate surface area is 84.9 Å². The van der Waals surface area contributed by atoms with Crippen LogP contribution in [-0.4, -0.2) is 34.3 Å². The molecule has 1 aliphatic heterocycles. The fraction of sp³-hybridized carbons (Fsp3) is 0.100. The first-order valence-electron chi connectivity index (χ1n) is 4.27. The van der Waals surface area contributed by atoms with Crippen molar-refractivity contribution in [1.29, 1.82) is 0 Å². The van der Waals surface area contributed by atoms with Crippen molar-refractivity contribution in [3.8, 4) is 0 Å². The largest absolute Gasteiger partial charge is 0.367 e. The zero-order valence-corrected chi connectivity index (χ0v) is 7.58. The normalized spacial score (nSPS) is 16.5. The number of carbonyl (C=O) groups excluding carboxylic acids is 3. The van der Waals surface area contributed by atoms with Crippen molar-refractivity contribution in [3.05, 3.63) is 35.4 Å². The molecule has 0 spiro atoms. The topological polar surface area (TPSA) is 74.7 Å². The Kier molecular flexibility index (Phi) is 2.09. The van der Waals surface area contributed by atoms with Crippen molar-refractivity contribution in [1.82, 2.24) is 4.90 Å². The molecule has 0 radical (unpaired) electrons. The summed E-state index contributed by atoms with van der Waals surface area (Å²) in [6, 6.07) is 6.18. The molecule has 0 aliphatic carbocycles. The molecule has 0 saturated heterocycles. The molecule has 1 aromatic carbocycles. The molecule has 5 nitrogen and oxygen atoms in total. The maximum Gasteiger partial charge on any atom is 0.264 e. The monoisotopic (exact) mass is 205 g/mol. The highest BCUT2D eigenvalue weighted by atomic mass is 16.3. The van der Waals surface area contributed by atoms with Crippen molar-refractivity contribution in [2.45, 2.75) is 6.23 Å². The summed E-state index contributed by atoms with van der Waals surface area (Å²) in [5.74, 6) is -1.29. The van der Waals surface area contributed by atoms with Gasteiger partial charge in [0.25, 0.3) is 11.8 Å². The van der Waals surface area contributed by atoms with E-state index in [1.807, 2.05) is 0 Å². The number of aldehydes is 1. The number of hydrogen-bond donors (Lipinski definition) is 1. The van der Waals surface area contributed by atoms with E-state index in [2.05, 4.69) is 0 Å².